The zero-order valence-corrected chi connectivity index (χ0v) is 22.3. The van der Waals surface area contributed by atoms with Crippen LogP contribution >= 0.6 is 11.3 Å². The van der Waals surface area contributed by atoms with Crippen molar-refractivity contribution in [2.45, 2.75) is 12.0 Å². The Morgan fingerprint density at radius 2 is 1.59 bits per heavy atom. The molecule has 2 unspecified atom stereocenters. The van der Waals surface area contributed by atoms with Crippen LogP contribution in [0, 0.1) is 0 Å². The lowest BCUT2D eigenvalue weighted by atomic mass is 9.81. The summed E-state index contributed by atoms with van der Waals surface area (Å²) in [6.45, 7) is 2.64. The Kier molecular flexibility index (Phi) is 6.97. The van der Waals surface area contributed by atoms with Crippen molar-refractivity contribution in [2.24, 2.45) is 0 Å². The highest BCUT2D eigenvalue weighted by atomic mass is 32.1. The molecule has 0 N–H and O–H groups in total. The van der Waals surface area contributed by atoms with Crippen LogP contribution in [0.4, 0.5) is 5.69 Å². The number of piperazine rings is 1. The first-order chi connectivity index (χ1) is 18.0. The number of amides is 2. The number of likely N-dealkylation sites (N-methyl/N-ethyl adjacent to an activating group) is 1. The number of hydrogen-bond donors (Lipinski definition) is 0. The highest BCUT2D eigenvalue weighted by molar-refractivity contribution is 7.10. The molecule has 5 rings (SSSR count). The smallest absolute Gasteiger partial charge is 0.254 e. The third-order valence-corrected chi connectivity index (χ3v) is 8.25. The maximum atomic E-state index is 14.2. The first-order valence-corrected chi connectivity index (χ1v) is 13.1. The number of hydrogen-bond acceptors (Lipinski definition) is 7. The van der Waals surface area contributed by atoms with E-state index in [9.17, 15) is 9.59 Å². The Balaban J connectivity index is 1.47. The lowest BCUT2D eigenvalue weighted by Crippen LogP contribution is -2.53. The number of thiophene rings is 1. The summed E-state index contributed by atoms with van der Waals surface area (Å²) in [6.07, 6.45) is 0. The molecule has 1 saturated heterocycles. The van der Waals surface area contributed by atoms with Crippen molar-refractivity contribution in [3.63, 3.8) is 0 Å². The quantitative estimate of drug-likeness (QED) is 0.488. The summed E-state index contributed by atoms with van der Waals surface area (Å²) in [4.78, 5) is 34.6. The van der Waals surface area contributed by atoms with Gasteiger partial charge in [-0.2, -0.15) is 0 Å². The Hall–Kier alpha value is -3.72. The molecule has 8 nitrogen and oxygen atoms in total. The summed E-state index contributed by atoms with van der Waals surface area (Å²) in [5.41, 5.74) is 2.26. The molecule has 3 aromatic rings. The van der Waals surface area contributed by atoms with Crippen LogP contribution in [0.2, 0.25) is 0 Å². The standard InChI is InChI=1S/C28H31N3O5S/c1-29-26(24-6-5-15-37-24)25(20-16-22(35-3)23(36-4)17-21(20)27(29)32)28(33)31-13-11-30(12-14-31)18-7-9-19(34-2)10-8-18/h5-10,15-17,25-26H,11-14H2,1-4H3. The van der Waals surface area contributed by atoms with Crippen LogP contribution < -0.4 is 19.1 Å². The van der Waals surface area contributed by atoms with Crippen molar-refractivity contribution < 1.29 is 23.8 Å². The number of benzene rings is 2. The molecule has 2 amide bonds. The van der Waals surface area contributed by atoms with E-state index in [4.69, 9.17) is 14.2 Å². The number of carbonyl (C=O) groups is 2. The van der Waals surface area contributed by atoms with Crippen molar-refractivity contribution in [3.8, 4) is 17.2 Å². The van der Waals surface area contributed by atoms with E-state index in [1.54, 1.807) is 56.7 Å². The van der Waals surface area contributed by atoms with Crippen molar-refractivity contribution in [2.75, 3.05) is 59.5 Å². The third-order valence-electron chi connectivity index (χ3n) is 7.30. The average molecular weight is 522 g/mol. The summed E-state index contributed by atoms with van der Waals surface area (Å²) in [5, 5.41) is 1.98. The molecule has 2 aromatic carbocycles. The second-order valence-corrected chi connectivity index (χ2v) is 10.1. The van der Waals surface area contributed by atoms with Crippen molar-refractivity contribution >= 4 is 28.8 Å². The molecule has 0 radical (unpaired) electrons. The maximum absolute atomic E-state index is 14.2. The second kappa shape index (κ2) is 10.3. The van der Waals surface area contributed by atoms with Gasteiger partial charge in [0.25, 0.3) is 5.91 Å². The molecule has 0 aliphatic carbocycles. The molecule has 2 atom stereocenters. The van der Waals surface area contributed by atoms with E-state index in [1.807, 2.05) is 46.7 Å². The van der Waals surface area contributed by atoms with Crippen LogP contribution in [0.3, 0.4) is 0 Å². The van der Waals surface area contributed by atoms with Crippen LogP contribution in [-0.2, 0) is 4.79 Å². The molecule has 1 fully saturated rings. The normalized spacial score (nSPS) is 19.5. The first-order valence-electron chi connectivity index (χ1n) is 12.2. The number of fused-ring (bicyclic) bond motifs is 1. The van der Waals surface area contributed by atoms with Gasteiger partial charge in [0.2, 0.25) is 5.91 Å². The summed E-state index contributed by atoms with van der Waals surface area (Å²) in [7, 11) is 6.53. The fraction of sp³-hybridized carbons (Fsp3) is 0.357. The Labute approximate surface area is 220 Å². The molecule has 9 heteroatoms. The SMILES string of the molecule is COc1ccc(N2CCN(C(=O)C3c4cc(OC)c(OC)cc4C(=O)N(C)C3c3cccs3)CC2)cc1. The third kappa shape index (κ3) is 4.48. The minimum absolute atomic E-state index is 0.0144. The minimum Gasteiger partial charge on any atom is -0.497 e. The first kappa shape index (κ1) is 25.0. The van der Waals surface area contributed by atoms with Gasteiger partial charge in [-0.3, -0.25) is 9.59 Å². The van der Waals surface area contributed by atoms with Crippen LogP contribution in [-0.4, -0.2) is 76.2 Å². The van der Waals surface area contributed by atoms with Gasteiger partial charge in [-0.05, 0) is 53.4 Å². The highest BCUT2D eigenvalue weighted by Crippen LogP contribution is 2.47. The predicted molar refractivity (Wildman–Crippen MR) is 143 cm³/mol. The number of nitrogens with zero attached hydrogens (tertiary/aromatic N) is 3. The molecule has 2 aliphatic rings. The van der Waals surface area contributed by atoms with Crippen LogP contribution in [0.1, 0.15) is 32.8 Å². The van der Waals surface area contributed by atoms with E-state index in [0.717, 1.165) is 29.4 Å². The van der Waals surface area contributed by atoms with Crippen molar-refractivity contribution in [3.05, 3.63) is 69.9 Å². The summed E-state index contributed by atoms with van der Waals surface area (Å²) < 4.78 is 16.3. The van der Waals surface area contributed by atoms with E-state index in [0.29, 0.717) is 35.7 Å². The summed E-state index contributed by atoms with van der Waals surface area (Å²) >= 11 is 1.56. The van der Waals surface area contributed by atoms with E-state index < -0.39 is 12.0 Å². The molecular formula is C28H31N3O5S. The lowest BCUT2D eigenvalue weighted by molar-refractivity contribution is -0.134. The topological polar surface area (TPSA) is 71.5 Å². The number of anilines is 1. The molecular weight excluding hydrogens is 490 g/mol. The van der Waals surface area contributed by atoms with E-state index in [2.05, 4.69) is 4.90 Å². The van der Waals surface area contributed by atoms with Gasteiger partial charge in [0, 0.05) is 49.4 Å². The fourth-order valence-corrected chi connectivity index (χ4v) is 6.21. The summed E-state index contributed by atoms with van der Waals surface area (Å²) in [5.74, 6) is 1.12. The number of methoxy groups -OCH3 is 3. The van der Waals surface area contributed by atoms with Crippen LogP contribution in [0.5, 0.6) is 17.2 Å². The van der Waals surface area contributed by atoms with Gasteiger partial charge in [0.1, 0.15) is 5.75 Å². The number of rotatable bonds is 6. The van der Waals surface area contributed by atoms with Crippen molar-refractivity contribution in [1.29, 1.82) is 0 Å². The van der Waals surface area contributed by atoms with Crippen LogP contribution in [0.25, 0.3) is 0 Å². The van der Waals surface area contributed by atoms with E-state index in [1.165, 1.54) is 0 Å². The molecule has 37 heavy (non-hydrogen) atoms. The Morgan fingerprint density at radius 3 is 2.19 bits per heavy atom. The molecule has 0 saturated carbocycles. The lowest BCUT2D eigenvalue weighted by Gasteiger charge is -2.43. The largest absolute Gasteiger partial charge is 0.497 e. The fourth-order valence-electron chi connectivity index (χ4n) is 5.30. The van der Waals surface area contributed by atoms with E-state index in [-0.39, 0.29) is 11.8 Å². The second-order valence-electron chi connectivity index (χ2n) is 9.16. The molecule has 0 spiro atoms. The molecule has 194 valence electrons. The van der Waals surface area contributed by atoms with Gasteiger partial charge in [0.15, 0.2) is 11.5 Å². The molecule has 1 aromatic heterocycles. The van der Waals surface area contributed by atoms with Gasteiger partial charge in [-0.1, -0.05) is 6.07 Å². The van der Waals surface area contributed by atoms with Gasteiger partial charge >= 0.3 is 0 Å². The highest BCUT2D eigenvalue weighted by Gasteiger charge is 2.45. The molecule has 3 heterocycles. The number of carbonyl (C=O) groups excluding carboxylic acids is 2. The van der Waals surface area contributed by atoms with Gasteiger partial charge in [-0.25, -0.2) is 0 Å². The maximum Gasteiger partial charge on any atom is 0.254 e. The van der Waals surface area contributed by atoms with E-state index >= 15 is 0 Å². The Morgan fingerprint density at radius 1 is 0.919 bits per heavy atom. The van der Waals surface area contributed by atoms with Crippen LogP contribution in [0.15, 0.2) is 53.9 Å². The zero-order chi connectivity index (χ0) is 26.1. The van der Waals surface area contributed by atoms with Gasteiger partial charge < -0.3 is 28.9 Å². The predicted octanol–water partition coefficient (Wildman–Crippen LogP) is 4.03. The van der Waals surface area contributed by atoms with Gasteiger partial charge in [-0.15, -0.1) is 11.3 Å². The minimum atomic E-state index is -0.552. The average Bonchev–Trinajstić information content (AvgIpc) is 3.48. The summed E-state index contributed by atoms with van der Waals surface area (Å²) in [6, 6.07) is 15.0. The number of ether oxygens (including phenoxy) is 3. The Bertz CT molecular complexity index is 1270. The van der Waals surface area contributed by atoms with Gasteiger partial charge in [0.05, 0.1) is 33.3 Å². The molecule has 2 aliphatic heterocycles. The van der Waals surface area contributed by atoms with Crippen molar-refractivity contribution in [1.82, 2.24) is 9.80 Å². The zero-order valence-electron chi connectivity index (χ0n) is 21.5. The monoisotopic (exact) mass is 521 g/mol. The molecule has 0 bridgehead atoms.